The van der Waals surface area contributed by atoms with Gasteiger partial charge in [-0.25, -0.2) is 8.42 Å². The highest BCUT2D eigenvalue weighted by Gasteiger charge is 2.55. The molecule has 2 N–H and O–H groups in total. The van der Waals surface area contributed by atoms with Gasteiger partial charge in [0.15, 0.2) is 0 Å². The van der Waals surface area contributed by atoms with E-state index in [1.54, 1.807) is 6.08 Å². The van der Waals surface area contributed by atoms with Gasteiger partial charge in [0.25, 0.3) is 0 Å². The van der Waals surface area contributed by atoms with Crippen LogP contribution in [0.15, 0.2) is 12.7 Å². The molecule has 3 unspecified atom stereocenters. The van der Waals surface area contributed by atoms with Gasteiger partial charge in [0.2, 0.25) is 10.0 Å². The van der Waals surface area contributed by atoms with Gasteiger partial charge in [-0.15, -0.1) is 6.58 Å². The van der Waals surface area contributed by atoms with E-state index in [4.69, 9.17) is 0 Å². The molecule has 0 radical (unpaired) electrons. The van der Waals surface area contributed by atoms with Crippen LogP contribution in [-0.2, 0) is 10.0 Å². The van der Waals surface area contributed by atoms with Gasteiger partial charge >= 0.3 is 0 Å². The third kappa shape index (κ3) is 1.96. The SMILES string of the molecule is C=CC1CC1(C)C(O)NS(=O)(=O)C1CC1. The van der Waals surface area contributed by atoms with Crippen molar-refractivity contribution in [1.29, 1.82) is 0 Å². The van der Waals surface area contributed by atoms with Crippen molar-refractivity contribution < 1.29 is 13.5 Å². The molecule has 3 atom stereocenters. The number of allylic oxidation sites excluding steroid dienone is 1. The van der Waals surface area contributed by atoms with Crippen LogP contribution in [0.1, 0.15) is 26.2 Å². The van der Waals surface area contributed by atoms with Gasteiger partial charge in [0, 0.05) is 5.41 Å². The minimum Gasteiger partial charge on any atom is -0.377 e. The van der Waals surface area contributed by atoms with Crippen molar-refractivity contribution in [1.82, 2.24) is 4.72 Å². The second kappa shape index (κ2) is 3.30. The predicted octanol–water partition coefficient (Wildman–Crippen LogP) is 0.599. The van der Waals surface area contributed by atoms with Crippen molar-refractivity contribution >= 4 is 10.0 Å². The van der Waals surface area contributed by atoms with E-state index < -0.39 is 16.3 Å². The Balaban J connectivity index is 1.98. The maximum absolute atomic E-state index is 11.6. The van der Waals surface area contributed by atoms with Gasteiger partial charge in [-0.05, 0) is 25.2 Å². The molecule has 0 amide bonds. The lowest BCUT2D eigenvalue weighted by atomic mass is 10.1. The number of hydrogen-bond acceptors (Lipinski definition) is 3. The molecule has 0 aromatic heterocycles. The lowest BCUT2D eigenvalue weighted by Gasteiger charge is -2.20. The first kappa shape index (κ1) is 11.1. The largest absolute Gasteiger partial charge is 0.377 e. The summed E-state index contributed by atoms with van der Waals surface area (Å²) in [5.41, 5.74) is -0.357. The fraction of sp³-hybridized carbons (Fsp3) is 0.800. The highest BCUT2D eigenvalue weighted by molar-refractivity contribution is 7.90. The number of sulfonamides is 1. The summed E-state index contributed by atoms with van der Waals surface area (Å²) in [6.07, 6.45) is 3.01. The summed E-state index contributed by atoms with van der Waals surface area (Å²) >= 11 is 0. The fourth-order valence-corrected chi connectivity index (χ4v) is 3.38. The van der Waals surface area contributed by atoms with Gasteiger partial charge < -0.3 is 5.11 Å². The second-order valence-electron chi connectivity index (χ2n) is 4.82. The number of nitrogens with one attached hydrogen (secondary N) is 1. The van der Waals surface area contributed by atoms with Gasteiger partial charge in [-0.1, -0.05) is 13.0 Å². The summed E-state index contributed by atoms with van der Waals surface area (Å²) in [6.45, 7) is 5.53. The number of hydrogen-bond donors (Lipinski definition) is 2. The van der Waals surface area contributed by atoms with Crippen molar-refractivity contribution in [3.63, 3.8) is 0 Å². The summed E-state index contributed by atoms with van der Waals surface area (Å²) in [6, 6.07) is 0. The van der Waals surface area contributed by atoms with Crippen molar-refractivity contribution in [2.45, 2.75) is 37.7 Å². The van der Waals surface area contributed by atoms with Crippen molar-refractivity contribution in [3.8, 4) is 0 Å². The van der Waals surface area contributed by atoms with Crippen LogP contribution in [0, 0.1) is 11.3 Å². The highest BCUT2D eigenvalue weighted by Crippen LogP contribution is 2.55. The molecule has 2 aliphatic carbocycles. The van der Waals surface area contributed by atoms with E-state index in [1.165, 1.54) is 0 Å². The molecule has 0 saturated heterocycles. The van der Waals surface area contributed by atoms with E-state index >= 15 is 0 Å². The molecular formula is C10H17NO3S. The van der Waals surface area contributed by atoms with E-state index in [-0.39, 0.29) is 16.6 Å². The third-order valence-electron chi connectivity index (χ3n) is 3.49. The smallest absolute Gasteiger partial charge is 0.216 e. The average Bonchev–Trinajstić information content (AvgIpc) is 2.97. The van der Waals surface area contributed by atoms with E-state index in [0.29, 0.717) is 12.8 Å². The van der Waals surface area contributed by atoms with Gasteiger partial charge in [0.05, 0.1) is 5.25 Å². The Labute approximate surface area is 90.4 Å². The minimum absolute atomic E-state index is 0.217. The molecule has 2 aliphatic rings. The van der Waals surface area contributed by atoms with Gasteiger partial charge in [-0.3, -0.25) is 0 Å². The van der Waals surface area contributed by atoms with Crippen LogP contribution in [0.2, 0.25) is 0 Å². The van der Waals surface area contributed by atoms with E-state index in [1.807, 2.05) is 6.92 Å². The Bertz CT molecular complexity index is 374. The molecule has 0 aliphatic heterocycles. The first-order valence-electron chi connectivity index (χ1n) is 5.22. The summed E-state index contributed by atoms with van der Waals surface area (Å²) in [7, 11) is -3.30. The van der Waals surface area contributed by atoms with E-state index in [2.05, 4.69) is 11.3 Å². The van der Waals surface area contributed by atoms with Crippen LogP contribution in [0.5, 0.6) is 0 Å². The predicted molar refractivity (Wildman–Crippen MR) is 57.5 cm³/mol. The average molecular weight is 231 g/mol. The lowest BCUT2D eigenvalue weighted by molar-refractivity contribution is 0.0867. The standard InChI is InChI=1S/C10H17NO3S/c1-3-7-6-10(7,2)9(12)11-15(13,14)8-4-5-8/h3,7-9,11-12H,1,4-6H2,2H3. The molecule has 0 aromatic carbocycles. The number of rotatable bonds is 5. The normalized spacial score (nSPS) is 37.3. The monoisotopic (exact) mass is 231 g/mol. The molecule has 4 nitrogen and oxygen atoms in total. The molecule has 2 rings (SSSR count). The van der Waals surface area contributed by atoms with Crippen LogP contribution < -0.4 is 4.72 Å². The zero-order chi connectivity index (χ0) is 11.3. The van der Waals surface area contributed by atoms with Crippen molar-refractivity contribution in [2.24, 2.45) is 11.3 Å². The van der Waals surface area contributed by atoms with Crippen molar-refractivity contribution in [2.75, 3.05) is 0 Å². The van der Waals surface area contributed by atoms with Crippen LogP contribution in [0.4, 0.5) is 0 Å². The maximum Gasteiger partial charge on any atom is 0.216 e. The minimum atomic E-state index is -3.30. The zero-order valence-electron chi connectivity index (χ0n) is 8.81. The summed E-state index contributed by atoms with van der Waals surface area (Å²) < 4.78 is 25.5. The van der Waals surface area contributed by atoms with Crippen LogP contribution >= 0.6 is 0 Å². The Morgan fingerprint density at radius 1 is 1.60 bits per heavy atom. The summed E-state index contributed by atoms with van der Waals surface area (Å²) in [4.78, 5) is 0. The fourth-order valence-electron chi connectivity index (χ4n) is 1.85. The van der Waals surface area contributed by atoms with Crippen LogP contribution in [-0.4, -0.2) is 25.0 Å². The molecule has 0 heterocycles. The molecule has 0 aromatic rings. The molecule has 2 fully saturated rings. The Kier molecular flexibility index (Phi) is 2.44. The third-order valence-corrected chi connectivity index (χ3v) is 5.40. The lowest BCUT2D eigenvalue weighted by Crippen LogP contribution is -2.42. The van der Waals surface area contributed by atoms with Crippen LogP contribution in [0.3, 0.4) is 0 Å². The Hall–Kier alpha value is -0.390. The molecule has 86 valence electrons. The quantitative estimate of drug-likeness (QED) is 0.538. The number of aliphatic hydroxyl groups excluding tert-OH is 1. The first-order chi connectivity index (χ1) is 6.90. The Morgan fingerprint density at radius 2 is 2.20 bits per heavy atom. The Morgan fingerprint density at radius 3 is 2.60 bits per heavy atom. The highest BCUT2D eigenvalue weighted by atomic mass is 32.2. The molecule has 0 bridgehead atoms. The van der Waals surface area contributed by atoms with Crippen LogP contribution in [0.25, 0.3) is 0 Å². The van der Waals surface area contributed by atoms with Crippen molar-refractivity contribution in [3.05, 3.63) is 12.7 Å². The van der Waals surface area contributed by atoms with E-state index in [9.17, 15) is 13.5 Å². The molecule has 15 heavy (non-hydrogen) atoms. The molecule has 0 spiro atoms. The summed E-state index contributed by atoms with van der Waals surface area (Å²) in [5, 5.41) is 9.54. The second-order valence-corrected chi connectivity index (χ2v) is 6.81. The number of aliphatic hydroxyl groups is 1. The van der Waals surface area contributed by atoms with Gasteiger partial charge in [-0.2, -0.15) is 4.72 Å². The topological polar surface area (TPSA) is 66.4 Å². The zero-order valence-corrected chi connectivity index (χ0v) is 9.63. The molecule has 5 heteroatoms. The molecule has 2 saturated carbocycles. The first-order valence-corrected chi connectivity index (χ1v) is 6.76. The van der Waals surface area contributed by atoms with Gasteiger partial charge in [0.1, 0.15) is 6.23 Å². The summed E-state index contributed by atoms with van der Waals surface area (Å²) in [5.74, 6) is 0.217. The molecular weight excluding hydrogens is 214 g/mol. The maximum atomic E-state index is 11.6. The van der Waals surface area contributed by atoms with E-state index in [0.717, 1.165) is 6.42 Å².